The van der Waals surface area contributed by atoms with E-state index in [0.29, 0.717) is 15.1 Å². The molecule has 0 bridgehead atoms. The normalized spacial score (nSPS) is 10.3. The van der Waals surface area contributed by atoms with Crippen LogP contribution in [0.4, 0.5) is 10.1 Å². The molecule has 0 aliphatic carbocycles. The monoisotopic (exact) mass is 341 g/mol. The van der Waals surface area contributed by atoms with Gasteiger partial charge in [-0.2, -0.15) is 0 Å². The summed E-state index contributed by atoms with van der Waals surface area (Å²) in [5, 5.41) is 0.438. The number of halogens is 3. The van der Waals surface area contributed by atoms with Gasteiger partial charge in [0.05, 0.1) is 10.7 Å². The Kier molecular flexibility index (Phi) is 4.22. The topological polar surface area (TPSA) is 20.3 Å². The molecule has 0 aliphatic heterocycles. The predicted octanol–water partition coefficient (Wildman–Crippen LogP) is 4.52. The third kappa shape index (κ3) is 2.96. The maximum atomic E-state index is 13.6. The highest BCUT2D eigenvalue weighted by Crippen LogP contribution is 2.25. The molecule has 0 radical (unpaired) electrons. The molecule has 2 rings (SSSR count). The Morgan fingerprint density at radius 1 is 1.26 bits per heavy atom. The number of para-hydroxylation sites is 1. The molecule has 1 amide bonds. The molecule has 19 heavy (non-hydrogen) atoms. The lowest BCUT2D eigenvalue weighted by molar-refractivity contribution is 0.0992. The zero-order valence-electron chi connectivity index (χ0n) is 10.0. The fraction of sp³-hybridized carbons (Fsp3) is 0.0714. The molecule has 2 nitrogen and oxygen atoms in total. The van der Waals surface area contributed by atoms with Crippen molar-refractivity contribution in [3.05, 3.63) is 63.3 Å². The zero-order valence-corrected chi connectivity index (χ0v) is 12.4. The van der Waals surface area contributed by atoms with Crippen molar-refractivity contribution in [3.63, 3.8) is 0 Å². The molecular weight excluding hydrogens is 333 g/mol. The van der Waals surface area contributed by atoms with E-state index in [-0.39, 0.29) is 11.6 Å². The highest BCUT2D eigenvalue weighted by Gasteiger charge is 2.17. The van der Waals surface area contributed by atoms with Crippen molar-refractivity contribution in [1.82, 2.24) is 0 Å². The van der Waals surface area contributed by atoms with Crippen LogP contribution in [0.2, 0.25) is 5.02 Å². The summed E-state index contributed by atoms with van der Waals surface area (Å²) in [7, 11) is 1.52. The summed E-state index contributed by atoms with van der Waals surface area (Å²) in [6.07, 6.45) is 0. The first-order chi connectivity index (χ1) is 9.00. The number of amides is 1. The van der Waals surface area contributed by atoms with Gasteiger partial charge in [0.25, 0.3) is 5.91 Å². The van der Waals surface area contributed by atoms with E-state index >= 15 is 0 Å². The number of benzene rings is 2. The maximum Gasteiger partial charge on any atom is 0.258 e. The van der Waals surface area contributed by atoms with Gasteiger partial charge in [-0.15, -0.1) is 0 Å². The van der Waals surface area contributed by atoms with Gasteiger partial charge in [-0.1, -0.05) is 23.7 Å². The first-order valence-electron chi connectivity index (χ1n) is 5.48. The number of anilines is 1. The number of hydrogen-bond donors (Lipinski definition) is 0. The summed E-state index contributed by atoms with van der Waals surface area (Å²) in [5.74, 6) is -0.763. The standard InChI is InChI=1S/C14H10BrClFNO/c1-18(13-5-3-2-4-12(13)17)14(19)9-6-7-10(15)11(16)8-9/h2-8H,1H3. The summed E-state index contributed by atoms with van der Waals surface area (Å²) in [6, 6.07) is 11.0. The molecule has 0 unspecified atom stereocenters. The summed E-state index contributed by atoms with van der Waals surface area (Å²) in [6.45, 7) is 0. The molecule has 0 saturated heterocycles. The van der Waals surface area contributed by atoms with Gasteiger partial charge >= 0.3 is 0 Å². The van der Waals surface area contributed by atoms with Crippen LogP contribution in [-0.4, -0.2) is 13.0 Å². The van der Waals surface area contributed by atoms with Gasteiger partial charge in [-0.05, 0) is 46.3 Å². The highest BCUT2D eigenvalue weighted by atomic mass is 79.9. The number of nitrogens with zero attached hydrogens (tertiary/aromatic N) is 1. The van der Waals surface area contributed by atoms with Crippen molar-refractivity contribution in [2.24, 2.45) is 0 Å². The molecule has 0 spiro atoms. The number of carbonyl (C=O) groups excluding carboxylic acids is 1. The molecule has 0 heterocycles. The molecule has 2 aromatic rings. The molecule has 98 valence electrons. The van der Waals surface area contributed by atoms with Gasteiger partial charge in [0.2, 0.25) is 0 Å². The zero-order chi connectivity index (χ0) is 14.0. The van der Waals surface area contributed by atoms with Crippen molar-refractivity contribution in [3.8, 4) is 0 Å². The molecule has 0 fully saturated rings. The number of hydrogen-bond acceptors (Lipinski definition) is 1. The minimum Gasteiger partial charge on any atom is -0.309 e. The Hall–Kier alpha value is -1.39. The minimum atomic E-state index is -0.443. The Morgan fingerprint density at radius 2 is 1.95 bits per heavy atom. The largest absolute Gasteiger partial charge is 0.309 e. The second kappa shape index (κ2) is 5.72. The van der Waals surface area contributed by atoms with Gasteiger partial charge < -0.3 is 4.90 Å². The van der Waals surface area contributed by atoms with Crippen LogP contribution < -0.4 is 4.90 Å². The third-order valence-electron chi connectivity index (χ3n) is 2.68. The average Bonchev–Trinajstić information content (AvgIpc) is 2.41. The molecule has 5 heteroatoms. The van der Waals surface area contributed by atoms with Crippen LogP contribution in [0.5, 0.6) is 0 Å². The predicted molar refractivity (Wildman–Crippen MR) is 78.3 cm³/mol. The first-order valence-corrected chi connectivity index (χ1v) is 6.65. The summed E-state index contributed by atoms with van der Waals surface area (Å²) in [5.41, 5.74) is 0.630. The smallest absolute Gasteiger partial charge is 0.258 e. The number of carbonyl (C=O) groups is 1. The Labute approximate surface area is 123 Å². The molecule has 2 aromatic carbocycles. The molecular formula is C14H10BrClFNO. The van der Waals surface area contributed by atoms with Crippen LogP contribution in [0.15, 0.2) is 46.9 Å². The van der Waals surface area contributed by atoms with Gasteiger partial charge in [0.1, 0.15) is 5.82 Å². The third-order valence-corrected chi connectivity index (χ3v) is 3.92. The van der Waals surface area contributed by atoms with Crippen molar-refractivity contribution in [2.45, 2.75) is 0 Å². The molecule has 0 aromatic heterocycles. The van der Waals surface area contributed by atoms with Gasteiger partial charge in [0.15, 0.2) is 0 Å². The molecule has 0 saturated carbocycles. The van der Waals surface area contributed by atoms with Crippen LogP contribution in [0.3, 0.4) is 0 Å². The second-order valence-electron chi connectivity index (χ2n) is 3.94. The van der Waals surface area contributed by atoms with Crippen LogP contribution in [0.25, 0.3) is 0 Å². The van der Waals surface area contributed by atoms with E-state index in [1.54, 1.807) is 36.4 Å². The Morgan fingerprint density at radius 3 is 2.58 bits per heavy atom. The van der Waals surface area contributed by atoms with Gasteiger partial charge in [0, 0.05) is 17.1 Å². The fourth-order valence-corrected chi connectivity index (χ4v) is 2.08. The van der Waals surface area contributed by atoms with Gasteiger partial charge in [-0.3, -0.25) is 4.79 Å². The summed E-state index contributed by atoms with van der Waals surface area (Å²) < 4.78 is 14.3. The molecule has 0 atom stereocenters. The average molecular weight is 343 g/mol. The van der Waals surface area contributed by atoms with Crippen LogP contribution in [0, 0.1) is 5.82 Å². The SMILES string of the molecule is CN(C(=O)c1ccc(Br)c(Cl)c1)c1ccccc1F. The van der Waals surface area contributed by atoms with Crippen molar-refractivity contribution >= 4 is 39.1 Å². The van der Waals surface area contributed by atoms with E-state index in [1.807, 2.05) is 0 Å². The van der Waals surface area contributed by atoms with E-state index in [4.69, 9.17) is 11.6 Å². The molecule has 0 N–H and O–H groups in total. The van der Waals surface area contributed by atoms with E-state index in [9.17, 15) is 9.18 Å². The van der Waals surface area contributed by atoms with Crippen LogP contribution in [-0.2, 0) is 0 Å². The van der Waals surface area contributed by atoms with E-state index in [1.165, 1.54) is 18.0 Å². The van der Waals surface area contributed by atoms with Gasteiger partial charge in [-0.25, -0.2) is 4.39 Å². The summed E-state index contributed by atoms with van der Waals surface area (Å²) in [4.78, 5) is 13.5. The van der Waals surface area contributed by atoms with Crippen LogP contribution >= 0.6 is 27.5 Å². The summed E-state index contributed by atoms with van der Waals surface area (Å²) >= 11 is 9.20. The van der Waals surface area contributed by atoms with Crippen molar-refractivity contribution in [2.75, 3.05) is 11.9 Å². The lowest BCUT2D eigenvalue weighted by atomic mass is 10.2. The minimum absolute atomic E-state index is 0.228. The van der Waals surface area contributed by atoms with Crippen LogP contribution in [0.1, 0.15) is 10.4 Å². The quantitative estimate of drug-likeness (QED) is 0.786. The fourth-order valence-electron chi connectivity index (χ4n) is 1.66. The number of rotatable bonds is 2. The lowest BCUT2D eigenvalue weighted by Gasteiger charge is -2.18. The van der Waals surface area contributed by atoms with E-state index in [2.05, 4.69) is 15.9 Å². The van der Waals surface area contributed by atoms with E-state index in [0.717, 1.165) is 0 Å². The second-order valence-corrected chi connectivity index (χ2v) is 5.21. The Bertz CT molecular complexity index is 633. The maximum absolute atomic E-state index is 13.6. The Balaban J connectivity index is 2.34. The van der Waals surface area contributed by atoms with Crippen molar-refractivity contribution < 1.29 is 9.18 Å². The first kappa shape index (κ1) is 14.0. The lowest BCUT2D eigenvalue weighted by Crippen LogP contribution is -2.27. The van der Waals surface area contributed by atoms with Crippen molar-refractivity contribution in [1.29, 1.82) is 0 Å². The van der Waals surface area contributed by atoms with E-state index < -0.39 is 5.82 Å². The highest BCUT2D eigenvalue weighted by molar-refractivity contribution is 9.10. The molecule has 0 aliphatic rings.